The summed E-state index contributed by atoms with van der Waals surface area (Å²) in [5, 5.41) is 0. The van der Waals surface area contributed by atoms with Crippen molar-refractivity contribution in [3.8, 4) is 0 Å². The second-order valence-corrected chi connectivity index (χ2v) is 0. The van der Waals surface area contributed by atoms with Crippen molar-refractivity contribution >= 4 is 17.4 Å². The van der Waals surface area contributed by atoms with Gasteiger partial charge in [-0.3, -0.25) is 28.2 Å². The van der Waals surface area contributed by atoms with Crippen molar-refractivity contribution < 1.29 is 28.2 Å². The van der Waals surface area contributed by atoms with Crippen LogP contribution in [0, 0.1) is 0 Å². The molecule has 1 nitrogen and oxygen atoms in total. The average molecular weight is 167 g/mol. The maximum absolute atomic E-state index is 0. The summed E-state index contributed by atoms with van der Waals surface area (Å²) in [4.78, 5) is 0. The van der Waals surface area contributed by atoms with Crippen LogP contribution in [0.15, 0.2) is 0 Å². The number of hydrogen-bond acceptors (Lipinski definition) is 1. The highest BCUT2D eigenvalue weighted by molar-refractivity contribution is 5.75. The van der Waals surface area contributed by atoms with Crippen LogP contribution in [-0.4, -0.2) is 17.4 Å². The molecule has 62 valence electrons. The lowest BCUT2D eigenvalue weighted by atomic mass is 14.0. The summed E-state index contributed by atoms with van der Waals surface area (Å²) < 4.78 is 0. The van der Waals surface area contributed by atoms with E-state index in [2.05, 4.69) is 0 Å². The first-order chi connectivity index (χ1) is 0. The highest BCUT2D eigenvalue weighted by atomic mass is 27.0. The van der Waals surface area contributed by atoms with Crippen molar-refractivity contribution in [2.24, 2.45) is 0 Å². The fourth-order valence-electron chi connectivity index (χ4n) is 0. The molecule has 8 heteroatoms. The number of hydrogen-bond donors (Lipinski definition) is 1. The van der Waals surface area contributed by atoms with Crippen molar-refractivity contribution in [1.82, 2.24) is 6.15 Å². The average Bonchev–Trinajstić information content (AvgIpc) is 0. The van der Waals surface area contributed by atoms with Gasteiger partial charge in [0.2, 0.25) is 0 Å². The van der Waals surface area contributed by atoms with Gasteiger partial charge in [-0.05, 0) is 0 Å². The molecular formula is H12AlF6N. The third-order valence-corrected chi connectivity index (χ3v) is 0. The predicted molar refractivity (Wildman–Crippen MR) is 30.0 cm³/mol. The summed E-state index contributed by atoms with van der Waals surface area (Å²) in [6.07, 6.45) is 0. The molecule has 0 aromatic heterocycles. The van der Waals surface area contributed by atoms with Crippen LogP contribution in [-0.2, 0) is 0 Å². The van der Waals surface area contributed by atoms with Gasteiger partial charge in [-0.15, -0.1) is 0 Å². The Morgan fingerprint density at radius 2 is 0.375 bits per heavy atom. The van der Waals surface area contributed by atoms with Crippen LogP contribution in [0.2, 0.25) is 0 Å². The van der Waals surface area contributed by atoms with E-state index in [-0.39, 0.29) is 51.7 Å². The molecule has 0 atom stereocenters. The molecule has 0 fully saturated rings. The normalized spacial score (nSPS) is 0. The van der Waals surface area contributed by atoms with Gasteiger partial charge in [0, 0.05) is 0 Å². The lowest BCUT2D eigenvalue weighted by Gasteiger charge is -0.344. The fourth-order valence-corrected chi connectivity index (χ4v) is 0. The first-order valence-corrected chi connectivity index (χ1v) is 0. The van der Waals surface area contributed by atoms with Gasteiger partial charge >= 0.3 is 0 Å². The van der Waals surface area contributed by atoms with Gasteiger partial charge in [-0.1, -0.05) is 0 Å². The van der Waals surface area contributed by atoms with Crippen LogP contribution in [0.1, 0.15) is 0 Å². The zero-order valence-corrected chi connectivity index (χ0v) is 3.16. The molecule has 0 aliphatic carbocycles. The second kappa shape index (κ2) is 49700. The SMILES string of the molecule is F.F.F.F.F.F.N.[AlH3]. The highest BCUT2D eigenvalue weighted by Gasteiger charge is 0.187. The fraction of sp³-hybridized carbons (Fsp3) is 0. The zero-order valence-electron chi connectivity index (χ0n) is 3.16. The third kappa shape index (κ3) is 29800. The molecule has 0 saturated carbocycles. The monoisotopic (exact) mass is 167 g/mol. The Kier molecular flexibility index (Phi) is 477000000. The van der Waals surface area contributed by atoms with Crippen molar-refractivity contribution in [2.45, 2.75) is 0 Å². The number of rotatable bonds is 0. The van der Waals surface area contributed by atoms with Gasteiger partial charge in [0.1, 0.15) is 0 Å². The minimum atomic E-state index is 0. The second-order valence-electron chi connectivity index (χ2n) is 0. The Morgan fingerprint density at radius 1 is 0.375 bits per heavy atom. The van der Waals surface area contributed by atoms with E-state index in [1.807, 2.05) is 0 Å². The van der Waals surface area contributed by atoms with Gasteiger partial charge in [0.15, 0.2) is 17.4 Å². The summed E-state index contributed by atoms with van der Waals surface area (Å²) >= 11 is 0. The summed E-state index contributed by atoms with van der Waals surface area (Å²) in [5.41, 5.74) is 0. The van der Waals surface area contributed by atoms with E-state index in [9.17, 15) is 0 Å². The predicted octanol–water partition coefficient (Wildman–Crippen LogP) is -0.107. The van der Waals surface area contributed by atoms with Crippen LogP contribution in [0.5, 0.6) is 0 Å². The van der Waals surface area contributed by atoms with Crippen molar-refractivity contribution in [3.05, 3.63) is 0 Å². The third-order valence-electron chi connectivity index (χ3n) is 0. The van der Waals surface area contributed by atoms with E-state index in [1.54, 1.807) is 0 Å². The molecule has 0 aromatic carbocycles. The Bertz CT molecular complexity index is 8.49. The van der Waals surface area contributed by atoms with Crippen LogP contribution in [0.3, 0.4) is 0 Å². The molecule has 0 aliphatic heterocycles. The van der Waals surface area contributed by atoms with E-state index in [0.29, 0.717) is 0 Å². The molecule has 0 unspecified atom stereocenters. The largest absolute Gasteiger partial charge is 0.344 e. The topological polar surface area (TPSA) is 35.0 Å². The molecule has 8 heavy (non-hydrogen) atoms. The van der Waals surface area contributed by atoms with E-state index >= 15 is 0 Å². The molecule has 0 radical (unpaired) electrons. The van der Waals surface area contributed by atoms with Crippen molar-refractivity contribution in [2.75, 3.05) is 0 Å². The summed E-state index contributed by atoms with van der Waals surface area (Å²) in [6.45, 7) is 0. The van der Waals surface area contributed by atoms with Crippen LogP contribution in [0.25, 0.3) is 0 Å². The summed E-state index contributed by atoms with van der Waals surface area (Å²) in [6, 6.07) is 0. The molecule has 0 aromatic rings. The Balaban J connectivity index is 0. The molecular weight excluding hydrogens is 155 g/mol. The molecule has 0 amide bonds. The van der Waals surface area contributed by atoms with Crippen molar-refractivity contribution in [1.29, 1.82) is 0 Å². The minimum Gasteiger partial charge on any atom is -0.344 e. The van der Waals surface area contributed by atoms with E-state index < -0.39 is 0 Å². The Labute approximate surface area is 52.7 Å². The molecule has 3 N–H and O–H groups in total. The van der Waals surface area contributed by atoms with Gasteiger partial charge in [0.25, 0.3) is 0 Å². The lowest BCUT2D eigenvalue weighted by Crippen LogP contribution is -0.481. The minimum absolute atomic E-state index is 0. The van der Waals surface area contributed by atoms with Crippen LogP contribution < -0.4 is 6.15 Å². The molecule has 0 aliphatic rings. The highest BCUT2D eigenvalue weighted by Crippen LogP contribution is 0.425. The Hall–Kier alpha value is 0.0725. The van der Waals surface area contributed by atoms with Gasteiger partial charge in [-0.2, -0.15) is 0 Å². The molecule has 0 spiro atoms. The molecule has 0 rings (SSSR count). The van der Waals surface area contributed by atoms with E-state index in [4.69, 9.17) is 0 Å². The molecule has 0 bridgehead atoms. The van der Waals surface area contributed by atoms with Crippen LogP contribution in [0.4, 0.5) is 28.2 Å². The zero-order chi connectivity index (χ0) is 0. The summed E-state index contributed by atoms with van der Waals surface area (Å²) in [7, 11) is 0. The summed E-state index contributed by atoms with van der Waals surface area (Å²) in [5.74, 6) is 0. The number of halogens is 6. The van der Waals surface area contributed by atoms with Crippen molar-refractivity contribution in [3.63, 3.8) is 0 Å². The smallest absolute Gasteiger partial charge is 0.187 e. The lowest BCUT2D eigenvalue weighted by molar-refractivity contribution is 1.11. The first kappa shape index (κ1) is 76900. The maximum atomic E-state index is 0. The van der Waals surface area contributed by atoms with Gasteiger partial charge in [-0.25, -0.2) is 0 Å². The van der Waals surface area contributed by atoms with Gasteiger partial charge in [0.05, 0.1) is 0 Å². The van der Waals surface area contributed by atoms with Crippen LogP contribution >= 0.6 is 0 Å². The maximum Gasteiger partial charge on any atom is 0.187 e. The standard InChI is InChI=1S/Al.6FH.H3N.3H/h;6*1H;1H3;;;. The van der Waals surface area contributed by atoms with Gasteiger partial charge < -0.3 is 6.15 Å². The Morgan fingerprint density at radius 3 is 0.375 bits per heavy atom. The molecule has 0 heterocycles. The molecule has 0 saturated heterocycles. The van der Waals surface area contributed by atoms with E-state index in [1.165, 1.54) is 0 Å². The van der Waals surface area contributed by atoms with E-state index in [0.717, 1.165) is 0 Å². The quantitative estimate of drug-likeness (QED) is 0.396. The first-order valence-electron chi connectivity index (χ1n) is 0.